The van der Waals surface area contributed by atoms with Gasteiger partial charge >= 0.3 is 0 Å². The molecule has 0 radical (unpaired) electrons. The smallest absolute Gasteiger partial charge is 0.294 e. The Morgan fingerprint density at radius 1 is 1.09 bits per heavy atom. The largest absolute Gasteiger partial charge is 0.503 e. The number of carbonyl (C=O) groups excluding carboxylic acids is 2. The molecule has 1 aliphatic rings. The average Bonchev–Trinajstić information content (AvgIpc) is 3.49. The lowest BCUT2D eigenvalue weighted by atomic mass is 9.99. The second-order valence-corrected chi connectivity index (χ2v) is 8.50. The van der Waals surface area contributed by atoms with E-state index in [-0.39, 0.29) is 11.3 Å². The van der Waals surface area contributed by atoms with Crippen molar-refractivity contribution < 1.29 is 28.3 Å². The Labute approximate surface area is 197 Å². The fraction of sp³-hybridized carbons (Fsp3) is 0.120. The molecule has 2 aromatic heterocycles. The average molecular weight is 508 g/mol. The third kappa shape index (κ3) is 3.43. The van der Waals surface area contributed by atoms with Crippen LogP contribution in [-0.4, -0.2) is 23.9 Å². The molecule has 0 aliphatic carbocycles. The SMILES string of the molecule is COc1ccccc1N1C(=O)C(O)=C(C(=O)c2cc3cc(Br)ccc3o2)C1c1ccc(C)o1. The van der Waals surface area contributed by atoms with Crippen LogP contribution in [0.2, 0.25) is 0 Å². The molecule has 2 aromatic carbocycles. The molecule has 0 saturated heterocycles. The highest BCUT2D eigenvalue weighted by Crippen LogP contribution is 2.45. The number of benzene rings is 2. The van der Waals surface area contributed by atoms with E-state index in [0.717, 1.165) is 4.47 Å². The fourth-order valence-corrected chi connectivity index (χ4v) is 4.42. The number of para-hydroxylation sites is 2. The van der Waals surface area contributed by atoms with Crippen molar-refractivity contribution >= 4 is 44.3 Å². The van der Waals surface area contributed by atoms with Gasteiger partial charge in [0.05, 0.1) is 18.4 Å². The monoisotopic (exact) mass is 507 g/mol. The van der Waals surface area contributed by atoms with Gasteiger partial charge < -0.3 is 18.7 Å². The van der Waals surface area contributed by atoms with Gasteiger partial charge in [0.1, 0.15) is 28.9 Å². The van der Waals surface area contributed by atoms with Crippen LogP contribution in [-0.2, 0) is 4.79 Å². The topological polar surface area (TPSA) is 93.1 Å². The van der Waals surface area contributed by atoms with Crippen molar-refractivity contribution in [2.45, 2.75) is 13.0 Å². The van der Waals surface area contributed by atoms with Crippen molar-refractivity contribution in [3.63, 3.8) is 0 Å². The van der Waals surface area contributed by atoms with Crippen molar-refractivity contribution in [2.75, 3.05) is 12.0 Å². The summed E-state index contributed by atoms with van der Waals surface area (Å²) in [4.78, 5) is 28.2. The van der Waals surface area contributed by atoms with E-state index in [1.165, 1.54) is 12.0 Å². The third-order valence-electron chi connectivity index (χ3n) is 5.53. The van der Waals surface area contributed by atoms with Crippen LogP contribution in [0.4, 0.5) is 5.69 Å². The molecule has 5 rings (SSSR count). The molecule has 0 bridgehead atoms. The number of carbonyl (C=O) groups is 2. The van der Waals surface area contributed by atoms with Crippen molar-refractivity contribution in [3.05, 3.63) is 93.7 Å². The van der Waals surface area contributed by atoms with Crippen LogP contribution in [0.15, 0.2) is 85.3 Å². The van der Waals surface area contributed by atoms with Gasteiger partial charge in [-0.2, -0.15) is 0 Å². The van der Waals surface area contributed by atoms with Crippen molar-refractivity contribution in [1.29, 1.82) is 0 Å². The molecular weight excluding hydrogens is 490 g/mol. The molecule has 4 aromatic rings. The van der Waals surface area contributed by atoms with E-state index in [1.807, 2.05) is 6.07 Å². The Hall–Kier alpha value is -3.78. The molecule has 0 fully saturated rings. The Kier molecular flexibility index (Phi) is 5.09. The first-order chi connectivity index (χ1) is 15.9. The molecule has 33 heavy (non-hydrogen) atoms. The van der Waals surface area contributed by atoms with Crippen LogP contribution in [0.1, 0.15) is 28.1 Å². The maximum atomic E-state index is 13.6. The summed E-state index contributed by atoms with van der Waals surface area (Å²) in [5.41, 5.74) is 0.781. The standard InChI is InChI=1S/C25H18BrNO6/c1-13-7-9-19(32-13)22-21(23(28)20-12-14-11-15(26)8-10-17(14)33-20)24(29)25(30)27(22)16-5-3-4-6-18(16)31-2/h3-12,22,29H,1-2H3. The zero-order valence-corrected chi connectivity index (χ0v) is 19.3. The van der Waals surface area contributed by atoms with E-state index in [9.17, 15) is 14.7 Å². The van der Waals surface area contributed by atoms with E-state index < -0.39 is 23.5 Å². The number of nitrogens with zero attached hydrogens (tertiary/aromatic N) is 1. The minimum Gasteiger partial charge on any atom is -0.503 e. The van der Waals surface area contributed by atoms with E-state index in [4.69, 9.17) is 13.6 Å². The van der Waals surface area contributed by atoms with Crippen LogP contribution in [0.3, 0.4) is 0 Å². The lowest BCUT2D eigenvalue weighted by molar-refractivity contribution is -0.117. The minimum atomic E-state index is -1.00. The number of aliphatic hydroxyl groups is 1. The second-order valence-electron chi connectivity index (χ2n) is 7.58. The molecule has 1 atom stereocenters. The number of aliphatic hydroxyl groups excluding tert-OH is 1. The highest BCUT2D eigenvalue weighted by molar-refractivity contribution is 9.10. The van der Waals surface area contributed by atoms with Gasteiger partial charge in [-0.3, -0.25) is 14.5 Å². The lowest BCUT2D eigenvalue weighted by Crippen LogP contribution is -2.31. The fourth-order valence-electron chi connectivity index (χ4n) is 4.04. The number of furan rings is 2. The first-order valence-electron chi connectivity index (χ1n) is 10.1. The molecule has 1 N–H and O–H groups in total. The molecule has 1 unspecified atom stereocenters. The minimum absolute atomic E-state index is 0.00704. The van der Waals surface area contributed by atoms with Crippen LogP contribution < -0.4 is 9.64 Å². The number of ketones is 1. The van der Waals surface area contributed by atoms with E-state index >= 15 is 0 Å². The Morgan fingerprint density at radius 3 is 2.61 bits per heavy atom. The van der Waals surface area contributed by atoms with Crippen LogP contribution in [0.5, 0.6) is 5.75 Å². The summed E-state index contributed by atoms with van der Waals surface area (Å²) in [7, 11) is 1.48. The summed E-state index contributed by atoms with van der Waals surface area (Å²) in [6, 6.07) is 16.2. The summed E-state index contributed by atoms with van der Waals surface area (Å²) in [5.74, 6) is -0.652. The van der Waals surface area contributed by atoms with Gasteiger partial charge in [-0.05, 0) is 55.5 Å². The van der Waals surface area contributed by atoms with Crippen LogP contribution in [0.25, 0.3) is 11.0 Å². The predicted octanol–water partition coefficient (Wildman–Crippen LogP) is 5.89. The van der Waals surface area contributed by atoms with E-state index in [0.29, 0.717) is 33.9 Å². The normalized spacial score (nSPS) is 16.2. The lowest BCUT2D eigenvalue weighted by Gasteiger charge is -2.26. The third-order valence-corrected chi connectivity index (χ3v) is 6.02. The molecule has 7 nitrogen and oxygen atoms in total. The maximum absolute atomic E-state index is 13.6. The molecular formula is C25H18BrNO6. The molecule has 0 saturated carbocycles. The highest BCUT2D eigenvalue weighted by Gasteiger charge is 2.47. The van der Waals surface area contributed by atoms with Gasteiger partial charge in [0.15, 0.2) is 11.5 Å². The molecule has 1 amide bonds. The van der Waals surface area contributed by atoms with E-state index in [2.05, 4.69) is 15.9 Å². The number of amides is 1. The first kappa shape index (κ1) is 21.1. The Morgan fingerprint density at radius 2 is 1.88 bits per heavy atom. The highest BCUT2D eigenvalue weighted by atomic mass is 79.9. The van der Waals surface area contributed by atoms with Gasteiger partial charge in [-0.1, -0.05) is 28.1 Å². The number of ether oxygens (including phenoxy) is 1. The van der Waals surface area contributed by atoms with Gasteiger partial charge in [-0.25, -0.2) is 0 Å². The molecule has 1 aliphatic heterocycles. The summed E-state index contributed by atoms with van der Waals surface area (Å²) < 4.78 is 17.8. The number of halogens is 1. The van der Waals surface area contributed by atoms with Crippen LogP contribution in [0, 0.1) is 6.92 Å². The number of Topliss-reactive ketones (excluding diaryl/α,β-unsaturated/α-hetero) is 1. The number of hydrogen-bond donors (Lipinski definition) is 1. The zero-order chi connectivity index (χ0) is 23.3. The van der Waals surface area contributed by atoms with Gasteiger partial charge in [0.25, 0.3) is 5.91 Å². The number of anilines is 1. The Balaban J connectivity index is 1.67. The summed E-state index contributed by atoms with van der Waals surface area (Å²) in [6.07, 6.45) is 0. The zero-order valence-electron chi connectivity index (χ0n) is 17.7. The molecule has 3 heterocycles. The van der Waals surface area contributed by atoms with Gasteiger partial charge in [0.2, 0.25) is 5.78 Å². The van der Waals surface area contributed by atoms with Crippen molar-refractivity contribution in [1.82, 2.24) is 0 Å². The molecule has 166 valence electrons. The van der Waals surface area contributed by atoms with E-state index in [1.54, 1.807) is 61.5 Å². The predicted molar refractivity (Wildman–Crippen MR) is 125 cm³/mol. The number of rotatable bonds is 5. The summed E-state index contributed by atoms with van der Waals surface area (Å²) in [5, 5.41) is 11.6. The first-order valence-corrected chi connectivity index (χ1v) is 10.9. The van der Waals surface area contributed by atoms with Crippen molar-refractivity contribution in [3.8, 4) is 5.75 Å². The van der Waals surface area contributed by atoms with Crippen molar-refractivity contribution in [2.24, 2.45) is 0 Å². The number of fused-ring (bicyclic) bond motifs is 1. The quantitative estimate of drug-likeness (QED) is 0.338. The van der Waals surface area contributed by atoms with Crippen LogP contribution >= 0.6 is 15.9 Å². The van der Waals surface area contributed by atoms with Gasteiger partial charge in [-0.15, -0.1) is 0 Å². The molecule has 0 spiro atoms. The van der Waals surface area contributed by atoms with Gasteiger partial charge in [0, 0.05) is 9.86 Å². The molecule has 8 heteroatoms. The summed E-state index contributed by atoms with van der Waals surface area (Å²) >= 11 is 3.40. The number of methoxy groups -OCH3 is 1. The second kappa shape index (κ2) is 7.97. The number of hydrogen-bond acceptors (Lipinski definition) is 6. The summed E-state index contributed by atoms with van der Waals surface area (Å²) in [6.45, 7) is 1.76. The Bertz CT molecular complexity index is 1450. The maximum Gasteiger partial charge on any atom is 0.294 e. The number of aryl methyl sites for hydroxylation is 1.